The fourth-order valence-electron chi connectivity index (χ4n) is 2.60. The number of hydrogen-bond donors (Lipinski definition) is 0. The van der Waals surface area contributed by atoms with Crippen molar-refractivity contribution in [1.82, 2.24) is 0 Å². The van der Waals surface area contributed by atoms with Crippen LogP contribution in [0.2, 0.25) is 0 Å². The molecule has 29 heavy (non-hydrogen) atoms. The van der Waals surface area contributed by atoms with E-state index in [0.717, 1.165) is 11.2 Å². The van der Waals surface area contributed by atoms with E-state index in [-0.39, 0.29) is 18.3 Å². The Morgan fingerprint density at radius 1 is 0.690 bits per heavy atom. The van der Waals surface area contributed by atoms with Gasteiger partial charge in [0.05, 0.1) is 57.5 Å². The second kappa shape index (κ2) is 11.9. The van der Waals surface area contributed by atoms with E-state index in [0.29, 0.717) is 52.9 Å². The highest BCUT2D eigenvalue weighted by Crippen LogP contribution is 2.36. The van der Waals surface area contributed by atoms with E-state index < -0.39 is 0 Å². The van der Waals surface area contributed by atoms with E-state index in [1.54, 1.807) is 7.11 Å². The first-order valence-corrected chi connectivity index (χ1v) is 10.2. The van der Waals surface area contributed by atoms with Crippen molar-refractivity contribution in [3.8, 4) is 5.75 Å². The number of ether oxygens (including phenoxy) is 5. The van der Waals surface area contributed by atoms with E-state index >= 15 is 0 Å². The highest BCUT2D eigenvalue weighted by atomic mass is 16.7. The Labute approximate surface area is 175 Å². The van der Waals surface area contributed by atoms with Gasteiger partial charge in [-0.2, -0.15) is 0 Å². The first-order valence-electron chi connectivity index (χ1n) is 10.2. The van der Waals surface area contributed by atoms with Crippen LogP contribution in [0.3, 0.4) is 0 Å². The molecule has 0 aromatic heterocycles. The zero-order valence-corrected chi connectivity index (χ0v) is 18.4. The summed E-state index contributed by atoms with van der Waals surface area (Å²) >= 11 is 0. The Bertz CT molecular complexity index is 561. The van der Waals surface area contributed by atoms with Crippen LogP contribution in [-0.4, -0.2) is 78.3 Å². The van der Waals surface area contributed by atoms with Gasteiger partial charge in [-0.3, -0.25) is 0 Å². The summed E-state index contributed by atoms with van der Waals surface area (Å²) in [5.74, 6) is 0.790. The zero-order valence-electron chi connectivity index (χ0n) is 18.4. The van der Waals surface area contributed by atoms with E-state index in [2.05, 4.69) is 0 Å². The Balaban J connectivity index is 1.54. The minimum absolute atomic E-state index is 0.342. The molecular formula is C21H35BO7. The normalized spacial score (nSPS) is 17.6. The smallest absolute Gasteiger partial charge is 0.491 e. The lowest BCUT2D eigenvalue weighted by atomic mass is 9.79. The van der Waals surface area contributed by atoms with Crippen molar-refractivity contribution in [2.45, 2.75) is 38.9 Å². The van der Waals surface area contributed by atoms with Crippen molar-refractivity contribution >= 4 is 12.6 Å². The molecule has 0 N–H and O–H groups in total. The average Bonchev–Trinajstić information content (AvgIpc) is 2.90. The molecule has 1 fully saturated rings. The van der Waals surface area contributed by atoms with Gasteiger partial charge in [-0.1, -0.05) is 12.1 Å². The molecule has 1 aliphatic rings. The third-order valence-electron chi connectivity index (χ3n) is 5.08. The van der Waals surface area contributed by atoms with Crippen LogP contribution < -0.4 is 10.2 Å². The molecule has 0 radical (unpaired) electrons. The molecule has 0 aliphatic carbocycles. The summed E-state index contributed by atoms with van der Waals surface area (Å²) in [6, 6.07) is 7.79. The van der Waals surface area contributed by atoms with Gasteiger partial charge in [0.15, 0.2) is 0 Å². The molecule has 1 aliphatic heterocycles. The van der Waals surface area contributed by atoms with Gasteiger partial charge in [0.2, 0.25) is 0 Å². The van der Waals surface area contributed by atoms with Crippen LogP contribution in [0.5, 0.6) is 5.75 Å². The molecule has 0 bridgehead atoms. The van der Waals surface area contributed by atoms with Gasteiger partial charge in [0.25, 0.3) is 0 Å². The van der Waals surface area contributed by atoms with Crippen molar-refractivity contribution in [2.75, 3.05) is 60.0 Å². The van der Waals surface area contributed by atoms with Crippen molar-refractivity contribution in [1.29, 1.82) is 0 Å². The molecule has 0 unspecified atom stereocenters. The lowest BCUT2D eigenvalue weighted by molar-refractivity contribution is 0.000164. The lowest BCUT2D eigenvalue weighted by Crippen LogP contribution is -2.41. The molecule has 2 rings (SSSR count). The first kappa shape index (κ1) is 24.1. The number of benzene rings is 1. The van der Waals surface area contributed by atoms with Crippen molar-refractivity contribution in [3.63, 3.8) is 0 Å². The molecule has 0 atom stereocenters. The predicted molar refractivity (Wildman–Crippen MR) is 112 cm³/mol. The summed E-state index contributed by atoms with van der Waals surface area (Å²) in [6.07, 6.45) is 0. The molecule has 1 aromatic rings. The number of methoxy groups -OCH3 is 1. The van der Waals surface area contributed by atoms with E-state index in [4.69, 9.17) is 33.0 Å². The lowest BCUT2D eigenvalue weighted by Gasteiger charge is -2.32. The summed E-state index contributed by atoms with van der Waals surface area (Å²) in [5.41, 5.74) is 0.297. The summed E-state index contributed by atoms with van der Waals surface area (Å²) < 4.78 is 38.9. The highest BCUT2D eigenvalue weighted by molar-refractivity contribution is 6.62. The van der Waals surface area contributed by atoms with Gasteiger partial charge in [0, 0.05) is 7.11 Å². The third kappa shape index (κ3) is 7.88. The molecule has 1 aromatic carbocycles. The van der Waals surface area contributed by atoms with Crippen LogP contribution in [0.4, 0.5) is 0 Å². The number of hydrogen-bond acceptors (Lipinski definition) is 7. The Morgan fingerprint density at radius 2 is 1.14 bits per heavy atom. The van der Waals surface area contributed by atoms with Crippen LogP contribution in [0.1, 0.15) is 27.7 Å². The highest BCUT2D eigenvalue weighted by Gasteiger charge is 2.51. The van der Waals surface area contributed by atoms with Gasteiger partial charge in [-0.05, 0) is 45.3 Å². The van der Waals surface area contributed by atoms with Crippen LogP contribution in [0, 0.1) is 0 Å². The molecule has 1 saturated heterocycles. The molecule has 0 spiro atoms. The second-order valence-electron chi connectivity index (χ2n) is 7.84. The van der Waals surface area contributed by atoms with E-state index in [9.17, 15) is 0 Å². The predicted octanol–water partition coefficient (Wildman–Crippen LogP) is 2.06. The summed E-state index contributed by atoms with van der Waals surface area (Å²) in [5, 5.41) is 0. The minimum Gasteiger partial charge on any atom is -0.491 e. The minimum atomic E-state index is -0.359. The summed E-state index contributed by atoms with van der Waals surface area (Å²) in [4.78, 5) is 0. The van der Waals surface area contributed by atoms with Crippen molar-refractivity contribution in [2.24, 2.45) is 0 Å². The molecule has 0 amide bonds. The number of rotatable bonds is 14. The molecule has 164 valence electrons. The molecule has 1 heterocycles. The third-order valence-corrected chi connectivity index (χ3v) is 5.08. The standard InChI is InChI=1S/C21H35BO7/c1-20(2)21(3,4)29-22(28-20)18-6-8-19(9-7-18)27-17-16-26-15-14-25-13-12-24-11-10-23-5/h6-9H,10-17H2,1-5H3. The average molecular weight is 410 g/mol. The van der Waals surface area contributed by atoms with Crippen LogP contribution in [0.15, 0.2) is 24.3 Å². The molecule has 7 nitrogen and oxygen atoms in total. The maximum atomic E-state index is 6.06. The van der Waals surface area contributed by atoms with Crippen molar-refractivity contribution < 1.29 is 33.0 Å². The maximum absolute atomic E-state index is 6.06. The first-order chi connectivity index (χ1) is 13.9. The van der Waals surface area contributed by atoms with Crippen LogP contribution in [-0.2, 0) is 28.3 Å². The topological polar surface area (TPSA) is 64.6 Å². The van der Waals surface area contributed by atoms with Gasteiger partial charge in [-0.25, -0.2) is 0 Å². The largest absolute Gasteiger partial charge is 0.494 e. The van der Waals surface area contributed by atoms with Gasteiger partial charge < -0.3 is 33.0 Å². The van der Waals surface area contributed by atoms with E-state index in [1.165, 1.54) is 0 Å². The fourth-order valence-corrected chi connectivity index (χ4v) is 2.60. The SMILES string of the molecule is COCCOCCOCCOCCOc1ccc(B2OC(C)(C)C(C)(C)O2)cc1. The van der Waals surface area contributed by atoms with Gasteiger partial charge in [0.1, 0.15) is 12.4 Å². The molecule has 0 saturated carbocycles. The van der Waals surface area contributed by atoms with Gasteiger partial charge in [-0.15, -0.1) is 0 Å². The fraction of sp³-hybridized carbons (Fsp3) is 0.714. The zero-order chi connectivity index (χ0) is 21.2. The Kier molecular flexibility index (Phi) is 9.88. The maximum Gasteiger partial charge on any atom is 0.494 e. The Morgan fingerprint density at radius 3 is 1.62 bits per heavy atom. The molecular weight excluding hydrogens is 375 g/mol. The molecule has 8 heteroatoms. The summed E-state index contributed by atoms with van der Waals surface area (Å²) in [6.45, 7) is 12.6. The quantitative estimate of drug-likeness (QED) is 0.344. The second-order valence-corrected chi connectivity index (χ2v) is 7.84. The van der Waals surface area contributed by atoms with Crippen LogP contribution >= 0.6 is 0 Å². The van der Waals surface area contributed by atoms with E-state index in [1.807, 2.05) is 52.0 Å². The van der Waals surface area contributed by atoms with Crippen molar-refractivity contribution in [3.05, 3.63) is 24.3 Å². The monoisotopic (exact) mass is 410 g/mol. The summed E-state index contributed by atoms with van der Waals surface area (Å²) in [7, 11) is 1.29. The van der Waals surface area contributed by atoms with Gasteiger partial charge >= 0.3 is 7.12 Å². The Hall–Kier alpha value is -1.16. The van der Waals surface area contributed by atoms with Crippen LogP contribution in [0.25, 0.3) is 0 Å².